The summed E-state index contributed by atoms with van der Waals surface area (Å²) < 4.78 is 0.823. The topological polar surface area (TPSA) is 4.36 Å². The van der Waals surface area contributed by atoms with Crippen LogP contribution in [0, 0.1) is 6.57 Å². The fourth-order valence-corrected chi connectivity index (χ4v) is 1.66. The number of halogens is 1. The van der Waals surface area contributed by atoms with Crippen molar-refractivity contribution in [3.8, 4) is 0 Å². The van der Waals surface area contributed by atoms with E-state index in [1.807, 2.05) is 11.4 Å². The predicted octanol–water partition coefficient (Wildman–Crippen LogP) is 2.86. The summed E-state index contributed by atoms with van der Waals surface area (Å²) in [5.74, 6) is 0. The minimum atomic E-state index is 0.538. The number of hydrogen-bond acceptors (Lipinski definition) is 1. The molecule has 0 amide bonds. The predicted molar refractivity (Wildman–Crippen MR) is 44.5 cm³/mol. The molecule has 1 aromatic rings. The summed E-state index contributed by atoms with van der Waals surface area (Å²) in [4.78, 5) is 3.25. The maximum atomic E-state index is 6.56. The minimum Gasteiger partial charge on any atom is -0.317 e. The summed E-state index contributed by atoms with van der Waals surface area (Å²) >= 11 is 7.31. The summed E-state index contributed by atoms with van der Waals surface area (Å²) in [7, 11) is 0. The average Bonchev–Trinajstić information content (AvgIpc) is 2.31. The van der Waals surface area contributed by atoms with Crippen LogP contribution in [-0.2, 0) is 6.42 Å². The van der Waals surface area contributed by atoms with Crippen LogP contribution in [0.1, 0.15) is 5.56 Å². The van der Waals surface area contributed by atoms with Crippen LogP contribution in [0.25, 0.3) is 4.85 Å². The van der Waals surface area contributed by atoms with E-state index in [9.17, 15) is 0 Å². The third kappa shape index (κ3) is 1.73. The first-order valence-electron chi connectivity index (χ1n) is 2.89. The zero-order valence-corrected chi connectivity index (χ0v) is 6.87. The van der Waals surface area contributed by atoms with E-state index >= 15 is 0 Å². The molecule has 0 radical (unpaired) electrons. The summed E-state index contributed by atoms with van der Waals surface area (Å²) in [6.07, 6.45) is 0.784. The highest BCUT2D eigenvalue weighted by Gasteiger charge is 2.00. The van der Waals surface area contributed by atoms with Crippen LogP contribution < -0.4 is 0 Å². The van der Waals surface area contributed by atoms with Crippen molar-refractivity contribution in [2.24, 2.45) is 0 Å². The summed E-state index contributed by atoms with van der Waals surface area (Å²) in [6.45, 7) is 7.10. The van der Waals surface area contributed by atoms with Crippen LogP contribution in [0.3, 0.4) is 0 Å². The van der Waals surface area contributed by atoms with Crippen LogP contribution in [0.2, 0.25) is 4.34 Å². The van der Waals surface area contributed by atoms with Gasteiger partial charge in [0.05, 0.1) is 4.34 Å². The quantitative estimate of drug-likeness (QED) is 0.603. The lowest BCUT2D eigenvalue weighted by atomic mass is 10.2. The monoisotopic (exact) mass is 171 g/mol. The summed E-state index contributed by atoms with van der Waals surface area (Å²) in [6, 6.07) is 1.97. The highest BCUT2D eigenvalue weighted by molar-refractivity contribution is 7.14. The molecule has 0 saturated heterocycles. The van der Waals surface area contributed by atoms with Gasteiger partial charge in [0, 0.05) is 6.42 Å². The third-order valence-electron chi connectivity index (χ3n) is 1.19. The Bertz CT molecular complexity index is 248. The Hall–Kier alpha value is -0.520. The molecule has 0 aliphatic heterocycles. The Balaban J connectivity index is 2.59. The molecule has 0 aliphatic rings. The average molecular weight is 172 g/mol. The van der Waals surface area contributed by atoms with Gasteiger partial charge in [0.25, 0.3) is 0 Å². The molecule has 0 saturated carbocycles. The van der Waals surface area contributed by atoms with Crippen LogP contribution >= 0.6 is 22.9 Å². The van der Waals surface area contributed by atoms with E-state index in [-0.39, 0.29) is 0 Å². The van der Waals surface area contributed by atoms with Gasteiger partial charge in [-0.05, 0) is 17.0 Å². The van der Waals surface area contributed by atoms with E-state index in [0.717, 1.165) is 16.3 Å². The van der Waals surface area contributed by atoms with Crippen molar-refractivity contribution >= 4 is 22.9 Å². The van der Waals surface area contributed by atoms with Gasteiger partial charge in [0.1, 0.15) is 0 Å². The lowest BCUT2D eigenvalue weighted by molar-refractivity contribution is 1.09. The molecule has 0 fully saturated rings. The Morgan fingerprint density at radius 2 is 2.50 bits per heavy atom. The van der Waals surface area contributed by atoms with Crippen LogP contribution in [-0.4, -0.2) is 6.54 Å². The van der Waals surface area contributed by atoms with Crippen molar-refractivity contribution in [1.82, 2.24) is 0 Å². The van der Waals surface area contributed by atoms with Gasteiger partial charge >= 0.3 is 0 Å². The standard InChI is InChI=1S/C7H6ClNS/c1-9-4-2-6-3-5-10-7(6)8/h3,5H,2,4H2. The molecule has 1 nitrogen and oxygen atoms in total. The van der Waals surface area contributed by atoms with Gasteiger partial charge in [-0.15, -0.1) is 11.3 Å². The molecule has 3 heteroatoms. The number of thiophene rings is 1. The Morgan fingerprint density at radius 1 is 1.70 bits per heavy atom. The largest absolute Gasteiger partial charge is 0.317 e. The van der Waals surface area contributed by atoms with Crippen molar-refractivity contribution in [2.45, 2.75) is 6.42 Å². The minimum absolute atomic E-state index is 0.538. The lowest BCUT2D eigenvalue weighted by Crippen LogP contribution is -1.83. The van der Waals surface area contributed by atoms with E-state index < -0.39 is 0 Å². The van der Waals surface area contributed by atoms with E-state index in [1.165, 1.54) is 11.3 Å². The fraction of sp³-hybridized carbons (Fsp3) is 0.286. The Kier molecular flexibility index (Phi) is 2.73. The summed E-state index contributed by atoms with van der Waals surface area (Å²) in [5.41, 5.74) is 1.10. The third-order valence-corrected chi connectivity index (χ3v) is 2.44. The van der Waals surface area contributed by atoms with E-state index in [1.54, 1.807) is 0 Å². The van der Waals surface area contributed by atoms with Crippen molar-refractivity contribution in [3.63, 3.8) is 0 Å². The first-order chi connectivity index (χ1) is 4.84. The van der Waals surface area contributed by atoms with Gasteiger partial charge in [-0.3, -0.25) is 0 Å². The highest BCUT2D eigenvalue weighted by Crippen LogP contribution is 2.22. The SMILES string of the molecule is [C-]#[N+]CCc1ccsc1Cl. The van der Waals surface area contributed by atoms with Gasteiger partial charge in [-0.25, -0.2) is 6.57 Å². The molecule has 1 heterocycles. The normalized spacial score (nSPS) is 9.20. The van der Waals surface area contributed by atoms with Gasteiger partial charge < -0.3 is 4.85 Å². The van der Waals surface area contributed by atoms with Gasteiger partial charge in [-0.1, -0.05) is 11.6 Å². The molecule has 1 aromatic heterocycles. The molecule has 0 unspecified atom stereocenters. The zero-order chi connectivity index (χ0) is 7.40. The molecule has 1 rings (SSSR count). The smallest absolute Gasteiger partial charge is 0.218 e. The van der Waals surface area contributed by atoms with Crippen molar-refractivity contribution in [1.29, 1.82) is 0 Å². The molecule has 0 aromatic carbocycles. The Labute approximate surface area is 69.1 Å². The molecule has 0 spiro atoms. The van der Waals surface area contributed by atoms with E-state index in [4.69, 9.17) is 18.2 Å². The lowest BCUT2D eigenvalue weighted by Gasteiger charge is -1.87. The molecule has 0 bridgehead atoms. The molecule has 0 atom stereocenters. The molecular weight excluding hydrogens is 166 g/mol. The number of nitrogens with zero attached hydrogens (tertiary/aromatic N) is 1. The molecule has 0 N–H and O–H groups in total. The fourth-order valence-electron chi connectivity index (χ4n) is 0.675. The van der Waals surface area contributed by atoms with Crippen LogP contribution in [0.4, 0.5) is 0 Å². The molecule has 10 heavy (non-hydrogen) atoms. The maximum absolute atomic E-state index is 6.56. The van der Waals surface area contributed by atoms with E-state index in [0.29, 0.717) is 6.54 Å². The van der Waals surface area contributed by atoms with Crippen molar-refractivity contribution < 1.29 is 0 Å². The van der Waals surface area contributed by atoms with E-state index in [2.05, 4.69) is 4.85 Å². The van der Waals surface area contributed by atoms with Crippen LogP contribution in [0.15, 0.2) is 11.4 Å². The van der Waals surface area contributed by atoms with Crippen molar-refractivity contribution in [2.75, 3.05) is 6.54 Å². The van der Waals surface area contributed by atoms with Gasteiger partial charge in [0.15, 0.2) is 0 Å². The summed E-state index contributed by atoms with van der Waals surface area (Å²) in [5, 5.41) is 1.95. The second kappa shape index (κ2) is 3.60. The van der Waals surface area contributed by atoms with Crippen molar-refractivity contribution in [3.05, 3.63) is 32.8 Å². The van der Waals surface area contributed by atoms with Gasteiger partial charge in [0.2, 0.25) is 6.54 Å². The molecular formula is C7H6ClNS. The van der Waals surface area contributed by atoms with Crippen LogP contribution in [0.5, 0.6) is 0 Å². The molecule has 0 aliphatic carbocycles. The maximum Gasteiger partial charge on any atom is 0.218 e. The van der Waals surface area contributed by atoms with Gasteiger partial charge in [-0.2, -0.15) is 0 Å². The zero-order valence-electron chi connectivity index (χ0n) is 5.30. The second-order valence-corrected chi connectivity index (χ2v) is 3.37. The second-order valence-electron chi connectivity index (χ2n) is 1.85. The highest BCUT2D eigenvalue weighted by atomic mass is 35.5. The first kappa shape index (κ1) is 7.59. The first-order valence-corrected chi connectivity index (χ1v) is 4.15. The molecule has 52 valence electrons. The number of rotatable bonds is 2. The Morgan fingerprint density at radius 3 is 3.00 bits per heavy atom. The number of hydrogen-bond donors (Lipinski definition) is 0.